The molecule has 3 nitrogen and oxygen atoms in total. The molecule has 17 heavy (non-hydrogen) atoms. The summed E-state index contributed by atoms with van der Waals surface area (Å²) in [6.07, 6.45) is -0.357. The molecular formula is C14H19NO2. The molecule has 1 aliphatic rings. The molecule has 2 rings (SSSR count). The summed E-state index contributed by atoms with van der Waals surface area (Å²) in [5, 5.41) is 0. The lowest BCUT2D eigenvalue weighted by atomic mass is 10.0. The number of amides is 1. The van der Waals surface area contributed by atoms with Gasteiger partial charge in [0.2, 0.25) is 0 Å². The number of nitrogens with zero attached hydrogens (tertiary/aromatic N) is 1. The number of rotatable bonds is 2. The third-order valence-electron chi connectivity index (χ3n) is 3.09. The largest absolute Gasteiger partial charge is 0.478 e. The number of likely N-dealkylation sites (N-methyl/N-ethyl adjacent to an activating group) is 1. The zero-order valence-corrected chi connectivity index (χ0v) is 10.9. The Labute approximate surface area is 102 Å². The van der Waals surface area contributed by atoms with Crippen LogP contribution < -0.4 is 9.64 Å². The molecule has 1 heterocycles. The summed E-state index contributed by atoms with van der Waals surface area (Å²) in [6, 6.07) is 5.97. The molecule has 3 heteroatoms. The van der Waals surface area contributed by atoms with Crippen LogP contribution in [0.15, 0.2) is 18.2 Å². The van der Waals surface area contributed by atoms with Gasteiger partial charge in [0.05, 0.1) is 5.69 Å². The minimum absolute atomic E-state index is 0.0684. The van der Waals surface area contributed by atoms with Crippen LogP contribution in [-0.2, 0) is 4.79 Å². The number of anilines is 1. The smallest absolute Gasteiger partial charge is 0.268 e. The Bertz CT molecular complexity index is 440. The third-order valence-corrected chi connectivity index (χ3v) is 3.09. The van der Waals surface area contributed by atoms with Gasteiger partial charge in [-0.2, -0.15) is 0 Å². The number of aryl methyl sites for hydroxylation is 1. The molecule has 1 atom stereocenters. The zero-order chi connectivity index (χ0) is 12.6. The molecule has 0 saturated carbocycles. The monoisotopic (exact) mass is 233 g/mol. The molecule has 0 N–H and O–H groups in total. The minimum Gasteiger partial charge on any atom is -0.478 e. The summed E-state index contributed by atoms with van der Waals surface area (Å²) in [5.74, 6) is 1.08. The van der Waals surface area contributed by atoms with E-state index < -0.39 is 0 Å². The number of fused-ring (bicyclic) bond motifs is 1. The lowest BCUT2D eigenvalue weighted by Gasteiger charge is -2.35. The van der Waals surface area contributed by atoms with E-state index in [2.05, 4.69) is 0 Å². The molecule has 1 aromatic rings. The topological polar surface area (TPSA) is 29.5 Å². The van der Waals surface area contributed by atoms with Gasteiger partial charge in [0.15, 0.2) is 6.10 Å². The number of carbonyl (C=O) groups excluding carboxylic acids is 1. The molecule has 0 aromatic heterocycles. The fourth-order valence-electron chi connectivity index (χ4n) is 2.15. The second-order valence-corrected chi connectivity index (χ2v) is 4.84. The first kappa shape index (κ1) is 12.0. The standard InChI is InChI=1S/C14H19NO2/c1-5-15-11-7-6-10(4)8-12(11)17-13(9(2)3)14(15)16/h6-9,13H,5H2,1-4H3. The quantitative estimate of drug-likeness (QED) is 0.786. The average Bonchev–Trinajstić information content (AvgIpc) is 2.28. The highest BCUT2D eigenvalue weighted by Crippen LogP contribution is 2.36. The minimum atomic E-state index is -0.357. The number of benzene rings is 1. The normalized spacial score (nSPS) is 19.2. The molecular weight excluding hydrogens is 214 g/mol. The van der Waals surface area contributed by atoms with E-state index in [1.165, 1.54) is 0 Å². The third kappa shape index (κ3) is 2.02. The highest BCUT2D eigenvalue weighted by atomic mass is 16.5. The van der Waals surface area contributed by atoms with E-state index in [9.17, 15) is 4.79 Å². The van der Waals surface area contributed by atoms with Crippen molar-refractivity contribution in [2.75, 3.05) is 11.4 Å². The van der Waals surface area contributed by atoms with E-state index >= 15 is 0 Å². The van der Waals surface area contributed by atoms with E-state index in [0.29, 0.717) is 6.54 Å². The van der Waals surface area contributed by atoms with Crippen LogP contribution in [0.2, 0.25) is 0 Å². The van der Waals surface area contributed by atoms with E-state index in [-0.39, 0.29) is 17.9 Å². The molecule has 0 saturated heterocycles. The molecule has 0 radical (unpaired) electrons. The lowest BCUT2D eigenvalue weighted by Crippen LogP contribution is -2.48. The van der Waals surface area contributed by atoms with Crippen molar-refractivity contribution < 1.29 is 9.53 Å². The molecule has 1 aromatic carbocycles. The van der Waals surface area contributed by atoms with Crippen LogP contribution in [0.5, 0.6) is 5.75 Å². The Morgan fingerprint density at radius 1 is 1.41 bits per heavy atom. The van der Waals surface area contributed by atoms with Crippen LogP contribution >= 0.6 is 0 Å². The average molecular weight is 233 g/mol. The van der Waals surface area contributed by atoms with E-state index in [0.717, 1.165) is 17.0 Å². The Morgan fingerprint density at radius 3 is 2.71 bits per heavy atom. The van der Waals surface area contributed by atoms with Crippen molar-refractivity contribution in [1.29, 1.82) is 0 Å². The van der Waals surface area contributed by atoms with Crippen LogP contribution in [-0.4, -0.2) is 18.6 Å². The predicted octanol–water partition coefficient (Wildman–Crippen LogP) is 2.76. The maximum atomic E-state index is 12.2. The Morgan fingerprint density at radius 2 is 2.12 bits per heavy atom. The van der Waals surface area contributed by atoms with Gasteiger partial charge >= 0.3 is 0 Å². The summed E-state index contributed by atoms with van der Waals surface area (Å²) in [6.45, 7) is 8.72. The van der Waals surface area contributed by atoms with Crippen molar-refractivity contribution in [3.8, 4) is 5.75 Å². The van der Waals surface area contributed by atoms with E-state index in [1.54, 1.807) is 0 Å². The fourth-order valence-corrected chi connectivity index (χ4v) is 2.15. The van der Waals surface area contributed by atoms with Gasteiger partial charge in [-0.1, -0.05) is 19.9 Å². The van der Waals surface area contributed by atoms with Crippen molar-refractivity contribution in [2.45, 2.75) is 33.8 Å². The molecule has 0 spiro atoms. The fraction of sp³-hybridized carbons (Fsp3) is 0.500. The van der Waals surface area contributed by atoms with Crippen molar-refractivity contribution in [1.82, 2.24) is 0 Å². The summed E-state index contributed by atoms with van der Waals surface area (Å²) < 4.78 is 5.83. The Kier molecular flexibility index (Phi) is 3.09. The maximum absolute atomic E-state index is 12.2. The second kappa shape index (κ2) is 4.40. The van der Waals surface area contributed by atoms with Crippen LogP contribution in [0.1, 0.15) is 26.3 Å². The molecule has 0 aliphatic carbocycles. The number of ether oxygens (including phenoxy) is 1. The Balaban J connectivity index is 2.46. The van der Waals surface area contributed by atoms with Crippen molar-refractivity contribution >= 4 is 11.6 Å². The van der Waals surface area contributed by atoms with Crippen LogP contribution in [0.4, 0.5) is 5.69 Å². The maximum Gasteiger partial charge on any atom is 0.268 e. The summed E-state index contributed by atoms with van der Waals surface area (Å²) in [7, 11) is 0. The summed E-state index contributed by atoms with van der Waals surface area (Å²) >= 11 is 0. The molecule has 0 fully saturated rings. The van der Waals surface area contributed by atoms with Gasteiger partial charge in [0.25, 0.3) is 5.91 Å². The first-order chi connectivity index (χ1) is 8.04. The molecule has 92 valence electrons. The first-order valence-corrected chi connectivity index (χ1v) is 6.13. The number of carbonyl (C=O) groups is 1. The van der Waals surface area contributed by atoms with Gasteiger partial charge in [-0.15, -0.1) is 0 Å². The highest BCUT2D eigenvalue weighted by Gasteiger charge is 2.35. The van der Waals surface area contributed by atoms with Crippen molar-refractivity contribution in [3.63, 3.8) is 0 Å². The van der Waals surface area contributed by atoms with Crippen molar-refractivity contribution in [2.24, 2.45) is 5.92 Å². The first-order valence-electron chi connectivity index (χ1n) is 6.13. The van der Waals surface area contributed by atoms with Gasteiger partial charge in [-0.25, -0.2) is 0 Å². The Hall–Kier alpha value is -1.51. The highest BCUT2D eigenvalue weighted by molar-refractivity contribution is 6.00. The number of hydrogen-bond acceptors (Lipinski definition) is 2. The van der Waals surface area contributed by atoms with Gasteiger partial charge < -0.3 is 9.64 Å². The SMILES string of the molecule is CCN1C(=O)C(C(C)C)Oc2cc(C)ccc21. The number of hydrogen-bond donors (Lipinski definition) is 0. The van der Waals surface area contributed by atoms with Crippen LogP contribution in [0, 0.1) is 12.8 Å². The van der Waals surface area contributed by atoms with Crippen LogP contribution in [0.3, 0.4) is 0 Å². The van der Waals surface area contributed by atoms with Gasteiger partial charge in [0.1, 0.15) is 5.75 Å². The lowest BCUT2D eigenvalue weighted by molar-refractivity contribution is -0.128. The second-order valence-electron chi connectivity index (χ2n) is 4.84. The van der Waals surface area contributed by atoms with E-state index in [1.807, 2.05) is 50.8 Å². The molecule has 1 unspecified atom stereocenters. The van der Waals surface area contributed by atoms with Gasteiger partial charge in [0, 0.05) is 6.54 Å². The van der Waals surface area contributed by atoms with Crippen molar-refractivity contribution in [3.05, 3.63) is 23.8 Å². The molecule has 0 bridgehead atoms. The van der Waals surface area contributed by atoms with E-state index in [4.69, 9.17) is 4.74 Å². The van der Waals surface area contributed by atoms with Gasteiger partial charge in [-0.3, -0.25) is 4.79 Å². The zero-order valence-electron chi connectivity index (χ0n) is 10.9. The van der Waals surface area contributed by atoms with Crippen LogP contribution in [0.25, 0.3) is 0 Å². The summed E-state index contributed by atoms with van der Waals surface area (Å²) in [4.78, 5) is 14.1. The molecule has 1 amide bonds. The summed E-state index contributed by atoms with van der Waals surface area (Å²) in [5.41, 5.74) is 2.04. The predicted molar refractivity (Wildman–Crippen MR) is 68.5 cm³/mol. The van der Waals surface area contributed by atoms with Gasteiger partial charge in [-0.05, 0) is 37.5 Å². The molecule has 1 aliphatic heterocycles.